The maximum Gasteiger partial charge on any atom is 0.123 e. The molecule has 0 radical (unpaired) electrons. The van der Waals surface area contributed by atoms with Gasteiger partial charge in [0.1, 0.15) is 5.75 Å². The number of nitrogens with two attached hydrogens (primary N) is 1. The van der Waals surface area contributed by atoms with Gasteiger partial charge >= 0.3 is 0 Å². The summed E-state index contributed by atoms with van der Waals surface area (Å²) in [5.74, 6) is 1.12. The van der Waals surface area contributed by atoms with Crippen molar-refractivity contribution in [3.63, 3.8) is 0 Å². The van der Waals surface area contributed by atoms with Gasteiger partial charge in [-0.25, -0.2) is 0 Å². The predicted molar refractivity (Wildman–Crippen MR) is 78.7 cm³/mol. The zero-order valence-electron chi connectivity index (χ0n) is 11.1. The molecule has 0 aromatic heterocycles. The molecule has 2 aromatic carbocycles. The van der Waals surface area contributed by atoms with Crippen molar-refractivity contribution in [1.82, 2.24) is 0 Å². The number of ether oxygens (including phenoxy) is 1. The smallest absolute Gasteiger partial charge is 0.123 e. The van der Waals surface area contributed by atoms with Crippen LogP contribution >= 0.6 is 0 Å². The van der Waals surface area contributed by atoms with E-state index in [-0.39, 0.29) is 0 Å². The van der Waals surface area contributed by atoms with Crippen LogP contribution in [0.15, 0.2) is 47.4 Å². The molecule has 0 spiro atoms. The first-order chi connectivity index (χ1) is 9.10. The lowest BCUT2D eigenvalue weighted by atomic mass is 10.2. The Kier molecular flexibility index (Phi) is 4.22. The van der Waals surface area contributed by atoms with E-state index in [9.17, 15) is 4.21 Å². The van der Waals surface area contributed by atoms with Gasteiger partial charge in [0.15, 0.2) is 0 Å². The van der Waals surface area contributed by atoms with Gasteiger partial charge in [0.2, 0.25) is 0 Å². The molecule has 0 saturated carbocycles. The van der Waals surface area contributed by atoms with Crippen molar-refractivity contribution in [2.24, 2.45) is 0 Å². The van der Waals surface area contributed by atoms with E-state index in [2.05, 4.69) is 0 Å². The third-order valence-corrected chi connectivity index (χ3v) is 4.20. The van der Waals surface area contributed by atoms with Gasteiger partial charge in [-0.05, 0) is 42.8 Å². The van der Waals surface area contributed by atoms with E-state index in [0.717, 1.165) is 21.8 Å². The van der Waals surface area contributed by atoms with E-state index in [1.54, 1.807) is 19.2 Å². The second kappa shape index (κ2) is 5.89. The van der Waals surface area contributed by atoms with Gasteiger partial charge in [-0.15, -0.1) is 0 Å². The fourth-order valence-electron chi connectivity index (χ4n) is 1.89. The SMILES string of the molecule is COc1ccc(N)cc1CS(=O)c1cccc(C)c1. The molecule has 0 amide bonds. The monoisotopic (exact) mass is 275 g/mol. The van der Waals surface area contributed by atoms with Gasteiger partial charge < -0.3 is 10.5 Å². The van der Waals surface area contributed by atoms with Gasteiger partial charge in [-0.2, -0.15) is 0 Å². The van der Waals surface area contributed by atoms with Crippen LogP contribution in [-0.2, 0) is 16.6 Å². The number of nitrogen functional groups attached to an aromatic ring is 1. The van der Waals surface area contributed by atoms with Crippen molar-refractivity contribution in [2.75, 3.05) is 12.8 Å². The highest BCUT2D eigenvalue weighted by atomic mass is 32.2. The molecule has 100 valence electrons. The molecule has 2 aromatic rings. The fourth-order valence-corrected chi connectivity index (χ4v) is 3.12. The Balaban J connectivity index is 2.26. The van der Waals surface area contributed by atoms with Crippen LogP contribution in [0.25, 0.3) is 0 Å². The van der Waals surface area contributed by atoms with Crippen molar-refractivity contribution in [3.05, 3.63) is 53.6 Å². The molecule has 0 aliphatic heterocycles. The molecule has 4 heteroatoms. The minimum Gasteiger partial charge on any atom is -0.496 e. The van der Waals surface area contributed by atoms with Crippen LogP contribution in [0.4, 0.5) is 5.69 Å². The Hall–Kier alpha value is -1.81. The molecule has 2 rings (SSSR count). The van der Waals surface area contributed by atoms with Gasteiger partial charge in [0.25, 0.3) is 0 Å². The van der Waals surface area contributed by atoms with Gasteiger partial charge in [0.05, 0.1) is 23.7 Å². The third kappa shape index (κ3) is 3.35. The van der Waals surface area contributed by atoms with Crippen molar-refractivity contribution >= 4 is 16.5 Å². The Morgan fingerprint density at radius 1 is 1.21 bits per heavy atom. The van der Waals surface area contributed by atoms with Gasteiger partial charge in [0, 0.05) is 16.1 Å². The lowest BCUT2D eigenvalue weighted by Gasteiger charge is -2.09. The highest BCUT2D eigenvalue weighted by Gasteiger charge is 2.10. The normalized spacial score (nSPS) is 12.1. The van der Waals surface area contributed by atoms with Crippen LogP contribution in [-0.4, -0.2) is 11.3 Å². The van der Waals surface area contributed by atoms with E-state index in [1.165, 1.54) is 0 Å². The summed E-state index contributed by atoms with van der Waals surface area (Å²) in [5, 5.41) is 0. The molecule has 0 heterocycles. The van der Waals surface area contributed by atoms with Crippen LogP contribution in [0, 0.1) is 6.92 Å². The van der Waals surface area contributed by atoms with E-state index in [4.69, 9.17) is 10.5 Å². The number of aryl methyl sites for hydroxylation is 1. The van der Waals surface area contributed by atoms with E-state index < -0.39 is 10.8 Å². The number of methoxy groups -OCH3 is 1. The summed E-state index contributed by atoms with van der Waals surface area (Å²) in [6.45, 7) is 1.99. The molecule has 19 heavy (non-hydrogen) atoms. The lowest BCUT2D eigenvalue weighted by Crippen LogP contribution is -2.00. The number of rotatable bonds is 4. The van der Waals surface area contributed by atoms with Crippen LogP contribution in [0.3, 0.4) is 0 Å². The summed E-state index contributed by atoms with van der Waals surface area (Å²) in [5.41, 5.74) is 8.38. The predicted octanol–water partition coefficient (Wildman–Crippen LogP) is 2.89. The van der Waals surface area contributed by atoms with Gasteiger partial charge in [-0.1, -0.05) is 12.1 Å². The zero-order chi connectivity index (χ0) is 13.8. The molecule has 0 fully saturated rings. The Morgan fingerprint density at radius 2 is 2.00 bits per heavy atom. The first kappa shape index (κ1) is 13.6. The number of hydrogen-bond donors (Lipinski definition) is 1. The maximum atomic E-state index is 12.4. The highest BCUT2D eigenvalue weighted by molar-refractivity contribution is 7.84. The lowest BCUT2D eigenvalue weighted by molar-refractivity contribution is 0.411. The summed E-state index contributed by atoms with van der Waals surface area (Å²) in [7, 11) is 0.501. The van der Waals surface area contributed by atoms with E-state index in [1.807, 2.05) is 37.3 Å². The quantitative estimate of drug-likeness (QED) is 0.873. The summed E-state index contributed by atoms with van der Waals surface area (Å²) >= 11 is 0. The topological polar surface area (TPSA) is 52.3 Å². The minimum atomic E-state index is -1.10. The second-order valence-electron chi connectivity index (χ2n) is 4.38. The van der Waals surface area contributed by atoms with Crippen LogP contribution < -0.4 is 10.5 Å². The van der Waals surface area contributed by atoms with Gasteiger partial charge in [-0.3, -0.25) is 4.21 Å². The third-order valence-electron chi connectivity index (χ3n) is 2.84. The molecule has 0 aliphatic rings. The standard InChI is InChI=1S/C15H17NO2S/c1-11-4-3-5-14(8-11)19(17)10-12-9-13(16)6-7-15(12)18-2/h3-9H,10,16H2,1-2H3. The molecule has 3 nitrogen and oxygen atoms in total. The molecule has 0 aliphatic carbocycles. The summed E-state index contributed by atoms with van der Waals surface area (Å²) < 4.78 is 17.6. The average molecular weight is 275 g/mol. The molecule has 2 N–H and O–H groups in total. The Bertz CT molecular complexity index is 611. The molecule has 1 atom stereocenters. The van der Waals surface area contributed by atoms with Crippen LogP contribution in [0.5, 0.6) is 5.75 Å². The number of hydrogen-bond acceptors (Lipinski definition) is 3. The molecular formula is C15H17NO2S. The van der Waals surface area contributed by atoms with Crippen molar-refractivity contribution in [2.45, 2.75) is 17.6 Å². The van der Waals surface area contributed by atoms with E-state index >= 15 is 0 Å². The molecule has 0 saturated heterocycles. The van der Waals surface area contributed by atoms with Crippen molar-refractivity contribution in [3.8, 4) is 5.75 Å². The minimum absolute atomic E-state index is 0.400. The summed E-state index contributed by atoms with van der Waals surface area (Å²) in [4.78, 5) is 0.824. The number of anilines is 1. The molecular weight excluding hydrogens is 258 g/mol. The molecule has 0 bridgehead atoms. The zero-order valence-corrected chi connectivity index (χ0v) is 11.9. The molecule has 1 unspecified atom stereocenters. The fraction of sp³-hybridized carbons (Fsp3) is 0.200. The van der Waals surface area contributed by atoms with Crippen molar-refractivity contribution in [1.29, 1.82) is 0 Å². The first-order valence-electron chi connectivity index (χ1n) is 5.97. The summed E-state index contributed by atoms with van der Waals surface area (Å²) in [6.07, 6.45) is 0. The maximum absolute atomic E-state index is 12.4. The Labute approximate surface area is 115 Å². The largest absolute Gasteiger partial charge is 0.496 e. The van der Waals surface area contributed by atoms with E-state index in [0.29, 0.717) is 11.4 Å². The highest BCUT2D eigenvalue weighted by Crippen LogP contribution is 2.24. The van der Waals surface area contributed by atoms with Crippen LogP contribution in [0.2, 0.25) is 0 Å². The number of benzene rings is 2. The first-order valence-corrected chi connectivity index (χ1v) is 7.29. The average Bonchev–Trinajstić information content (AvgIpc) is 2.39. The summed E-state index contributed by atoms with van der Waals surface area (Å²) in [6, 6.07) is 13.1. The van der Waals surface area contributed by atoms with Crippen LogP contribution in [0.1, 0.15) is 11.1 Å². The second-order valence-corrected chi connectivity index (χ2v) is 5.83. The Morgan fingerprint density at radius 3 is 2.68 bits per heavy atom. The van der Waals surface area contributed by atoms with Crippen molar-refractivity contribution < 1.29 is 8.95 Å².